The predicted molar refractivity (Wildman–Crippen MR) is 103 cm³/mol. The molecule has 4 rings (SSSR count). The van der Waals surface area contributed by atoms with Crippen molar-refractivity contribution in [3.8, 4) is 0 Å². The summed E-state index contributed by atoms with van der Waals surface area (Å²) < 4.78 is 0. The number of aryl methyl sites for hydroxylation is 1. The summed E-state index contributed by atoms with van der Waals surface area (Å²) in [5, 5.41) is 0. The van der Waals surface area contributed by atoms with Gasteiger partial charge < -0.3 is 15.5 Å². The third-order valence-corrected chi connectivity index (χ3v) is 5.30. The van der Waals surface area contributed by atoms with Gasteiger partial charge >= 0.3 is 0 Å². The first-order valence-electron chi connectivity index (χ1n) is 9.21. The molecular weight excluding hydrogens is 326 g/mol. The van der Waals surface area contributed by atoms with Crippen molar-refractivity contribution in [1.82, 2.24) is 0 Å². The maximum absolute atomic E-state index is 13.1. The second kappa shape index (κ2) is 6.83. The Kier molecular flexibility index (Phi) is 4.37. The molecule has 0 aliphatic carbocycles. The van der Waals surface area contributed by atoms with Crippen LogP contribution in [0.1, 0.15) is 30.4 Å². The van der Waals surface area contributed by atoms with E-state index in [2.05, 4.69) is 0 Å². The fourth-order valence-corrected chi connectivity index (χ4v) is 3.99. The third-order valence-electron chi connectivity index (χ3n) is 5.30. The lowest BCUT2D eigenvalue weighted by Gasteiger charge is -2.32. The quantitative estimate of drug-likeness (QED) is 0.848. The fraction of sp³-hybridized carbons (Fsp3) is 0.333. The molecule has 2 amide bonds. The molecule has 0 unspecified atom stereocenters. The SMILES string of the molecule is Nc1cccc2c1CCCN2C(=O)CN1C(=O)CCCc2ccccc21. The molecule has 0 bridgehead atoms. The number of amides is 2. The highest BCUT2D eigenvalue weighted by molar-refractivity contribution is 6.05. The standard InChI is InChI=1S/C21H23N3O2/c22-17-9-4-11-19-16(17)8-5-13-23(19)21(26)14-24-18-10-2-1-6-15(18)7-3-12-20(24)25/h1-2,4,6,9-11H,3,5,7-8,12-14,22H2. The molecule has 2 heterocycles. The zero-order chi connectivity index (χ0) is 18.1. The van der Waals surface area contributed by atoms with Gasteiger partial charge in [-0.1, -0.05) is 24.3 Å². The zero-order valence-corrected chi connectivity index (χ0v) is 14.8. The van der Waals surface area contributed by atoms with Gasteiger partial charge in [-0.2, -0.15) is 0 Å². The molecule has 5 nitrogen and oxygen atoms in total. The number of carbonyl (C=O) groups is 2. The van der Waals surface area contributed by atoms with E-state index in [1.807, 2.05) is 42.5 Å². The van der Waals surface area contributed by atoms with Crippen LogP contribution >= 0.6 is 0 Å². The van der Waals surface area contributed by atoms with Gasteiger partial charge in [-0.3, -0.25) is 9.59 Å². The van der Waals surface area contributed by atoms with Crippen molar-refractivity contribution >= 4 is 28.9 Å². The van der Waals surface area contributed by atoms with Crippen LogP contribution in [0.4, 0.5) is 17.1 Å². The van der Waals surface area contributed by atoms with Gasteiger partial charge in [-0.05, 0) is 55.0 Å². The van der Waals surface area contributed by atoms with Gasteiger partial charge in [-0.15, -0.1) is 0 Å². The van der Waals surface area contributed by atoms with E-state index in [1.54, 1.807) is 9.80 Å². The van der Waals surface area contributed by atoms with Crippen molar-refractivity contribution < 1.29 is 9.59 Å². The van der Waals surface area contributed by atoms with Crippen molar-refractivity contribution in [2.24, 2.45) is 0 Å². The number of anilines is 3. The highest BCUT2D eigenvalue weighted by Gasteiger charge is 2.29. The van der Waals surface area contributed by atoms with E-state index < -0.39 is 0 Å². The normalized spacial score (nSPS) is 16.7. The van der Waals surface area contributed by atoms with Gasteiger partial charge in [0.1, 0.15) is 6.54 Å². The lowest BCUT2D eigenvalue weighted by Crippen LogP contribution is -2.45. The first kappa shape index (κ1) is 16.6. The lowest BCUT2D eigenvalue weighted by molar-refractivity contribution is -0.122. The van der Waals surface area contributed by atoms with E-state index in [0.29, 0.717) is 13.0 Å². The van der Waals surface area contributed by atoms with E-state index in [0.717, 1.165) is 53.9 Å². The minimum absolute atomic E-state index is 0.0214. The highest BCUT2D eigenvalue weighted by Crippen LogP contribution is 2.32. The minimum atomic E-state index is -0.0541. The number of hydrogen-bond acceptors (Lipinski definition) is 3. The van der Waals surface area contributed by atoms with Crippen LogP contribution in [0.2, 0.25) is 0 Å². The molecule has 2 aromatic carbocycles. The van der Waals surface area contributed by atoms with Gasteiger partial charge in [0, 0.05) is 30.0 Å². The van der Waals surface area contributed by atoms with Crippen molar-refractivity contribution in [3.63, 3.8) is 0 Å². The lowest BCUT2D eigenvalue weighted by atomic mass is 10.00. The number of hydrogen-bond donors (Lipinski definition) is 1. The summed E-state index contributed by atoms with van der Waals surface area (Å²) in [6, 6.07) is 13.6. The van der Waals surface area contributed by atoms with Crippen LogP contribution in [-0.2, 0) is 22.4 Å². The topological polar surface area (TPSA) is 66.6 Å². The zero-order valence-electron chi connectivity index (χ0n) is 14.8. The summed E-state index contributed by atoms with van der Waals surface area (Å²) in [5.41, 5.74) is 10.7. The summed E-state index contributed by atoms with van der Waals surface area (Å²) in [6.07, 6.45) is 3.94. The van der Waals surface area contributed by atoms with Crippen LogP contribution in [0.5, 0.6) is 0 Å². The number of rotatable bonds is 2. The van der Waals surface area contributed by atoms with Gasteiger partial charge in [-0.25, -0.2) is 0 Å². The molecule has 26 heavy (non-hydrogen) atoms. The van der Waals surface area contributed by atoms with E-state index >= 15 is 0 Å². The molecule has 2 aliphatic heterocycles. The molecule has 0 radical (unpaired) electrons. The second-order valence-corrected chi connectivity index (χ2v) is 6.96. The third kappa shape index (κ3) is 2.94. The van der Waals surface area contributed by atoms with Crippen LogP contribution in [0, 0.1) is 0 Å². The summed E-state index contributed by atoms with van der Waals surface area (Å²) in [5.74, 6) is -0.0327. The first-order chi connectivity index (χ1) is 12.6. The van der Waals surface area contributed by atoms with Gasteiger partial charge in [0.25, 0.3) is 0 Å². The fourth-order valence-electron chi connectivity index (χ4n) is 3.99. The second-order valence-electron chi connectivity index (χ2n) is 6.96. The first-order valence-corrected chi connectivity index (χ1v) is 9.21. The Labute approximate surface area is 153 Å². The van der Waals surface area contributed by atoms with Crippen molar-refractivity contribution in [2.75, 3.05) is 28.6 Å². The molecule has 5 heteroatoms. The molecule has 0 fully saturated rings. The minimum Gasteiger partial charge on any atom is -0.398 e. The van der Waals surface area contributed by atoms with Crippen molar-refractivity contribution in [2.45, 2.75) is 32.1 Å². The average molecular weight is 349 g/mol. The molecule has 2 aliphatic rings. The summed E-state index contributed by atoms with van der Waals surface area (Å²) in [6.45, 7) is 0.739. The van der Waals surface area contributed by atoms with Crippen LogP contribution in [0.3, 0.4) is 0 Å². The van der Waals surface area contributed by atoms with Crippen LogP contribution in [-0.4, -0.2) is 24.9 Å². The molecule has 0 spiro atoms. The van der Waals surface area contributed by atoms with Crippen LogP contribution in [0.25, 0.3) is 0 Å². The highest BCUT2D eigenvalue weighted by atomic mass is 16.2. The molecule has 0 saturated carbocycles. The predicted octanol–water partition coefficient (Wildman–Crippen LogP) is 2.92. The molecule has 0 atom stereocenters. The van der Waals surface area contributed by atoms with Crippen molar-refractivity contribution in [3.05, 3.63) is 53.6 Å². The number of nitrogens with zero attached hydrogens (tertiary/aromatic N) is 2. The maximum Gasteiger partial charge on any atom is 0.247 e. The number of para-hydroxylation sites is 1. The Hall–Kier alpha value is -2.82. The van der Waals surface area contributed by atoms with Crippen LogP contribution in [0.15, 0.2) is 42.5 Å². The Morgan fingerprint density at radius 1 is 0.962 bits per heavy atom. The number of nitrogens with two attached hydrogens (primary N) is 1. The summed E-state index contributed by atoms with van der Waals surface area (Å²) >= 11 is 0. The molecule has 134 valence electrons. The van der Waals surface area contributed by atoms with Gasteiger partial charge in [0.05, 0.1) is 0 Å². The Morgan fingerprint density at radius 3 is 2.65 bits per heavy atom. The summed E-state index contributed by atoms with van der Waals surface area (Å²) in [4.78, 5) is 29.2. The van der Waals surface area contributed by atoms with Gasteiger partial charge in [0.15, 0.2) is 0 Å². The number of carbonyl (C=O) groups excluding carboxylic acids is 2. The number of benzene rings is 2. The van der Waals surface area contributed by atoms with E-state index in [9.17, 15) is 9.59 Å². The molecule has 0 aromatic heterocycles. The average Bonchev–Trinajstić information content (AvgIpc) is 2.81. The van der Waals surface area contributed by atoms with E-state index in [4.69, 9.17) is 5.73 Å². The summed E-state index contributed by atoms with van der Waals surface area (Å²) in [7, 11) is 0. The molecule has 2 N–H and O–H groups in total. The smallest absolute Gasteiger partial charge is 0.247 e. The Bertz CT molecular complexity index is 862. The van der Waals surface area contributed by atoms with E-state index in [1.165, 1.54) is 0 Å². The molecular formula is C21H23N3O2. The largest absolute Gasteiger partial charge is 0.398 e. The molecule has 0 saturated heterocycles. The monoisotopic (exact) mass is 349 g/mol. The molecule has 2 aromatic rings. The maximum atomic E-state index is 13.1. The number of nitrogen functional groups attached to an aromatic ring is 1. The van der Waals surface area contributed by atoms with Gasteiger partial charge in [0.2, 0.25) is 11.8 Å². The van der Waals surface area contributed by atoms with Crippen molar-refractivity contribution in [1.29, 1.82) is 0 Å². The Morgan fingerprint density at radius 2 is 1.77 bits per heavy atom. The van der Waals surface area contributed by atoms with Crippen LogP contribution < -0.4 is 15.5 Å². The Balaban J connectivity index is 1.63. The number of fused-ring (bicyclic) bond motifs is 2. The van der Waals surface area contributed by atoms with E-state index in [-0.39, 0.29) is 18.4 Å².